The Morgan fingerprint density at radius 3 is 2.48 bits per heavy atom. The summed E-state index contributed by atoms with van der Waals surface area (Å²) in [6.07, 6.45) is 2.10. The summed E-state index contributed by atoms with van der Waals surface area (Å²) >= 11 is 0. The molecule has 112 valence electrons. The van der Waals surface area contributed by atoms with Crippen molar-refractivity contribution in [2.24, 2.45) is 0 Å². The first kappa shape index (κ1) is 14.0. The van der Waals surface area contributed by atoms with Crippen molar-refractivity contribution in [2.45, 2.75) is 45.1 Å². The van der Waals surface area contributed by atoms with Gasteiger partial charge in [-0.15, -0.1) is 0 Å². The van der Waals surface area contributed by atoms with Crippen LogP contribution in [0.5, 0.6) is 0 Å². The molecule has 1 fully saturated rings. The summed E-state index contributed by atoms with van der Waals surface area (Å²) in [6.45, 7) is 6.12. The van der Waals surface area contributed by atoms with Crippen molar-refractivity contribution >= 4 is 5.82 Å². The second-order valence-corrected chi connectivity index (χ2v) is 6.64. The number of hydrogen-bond donors (Lipinski definition) is 1. The maximum atomic E-state index is 14.0. The third kappa shape index (κ3) is 2.41. The van der Waals surface area contributed by atoms with Gasteiger partial charge in [0.2, 0.25) is 0 Å². The molecule has 0 saturated heterocycles. The molecule has 1 aliphatic rings. The topological polar surface area (TPSA) is 43.8 Å². The van der Waals surface area contributed by atoms with E-state index in [2.05, 4.69) is 4.98 Å². The van der Waals surface area contributed by atoms with Crippen molar-refractivity contribution in [3.8, 4) is 11.3 Å². The first-order valence-corrected chi connectivity index (χ1v) is 7.12. The molecule has 0 spiro atoms. The molecule has 1 aromatic carbocycles. The summed E-state index contributed by atoms with van der Waals surface area (Å²) in [4.78, 5) is 4.55. The molecule has 21 heavy (non-hydrogen) atoms. The van der Waals surface area contributed by atoms with Gasteiger partial charge in [0.15, 0.2) is 0 Å². The van der Waals surface area contributed by atoms with Crippen LogP contribution >= 0.6 is 0 Å². The predicted molar refractivity (Wildman–Crippen MR) is 79.0 cm³/mol. The number of hydrogen-bond acceptors (Lipinski definition) is 2. The molecule has 0 unspecified atom stereocenters. The molecule has 0 radical (unpaired) electrons. The third-order valence-electron chi connectivity index (χ3n) is 3.71. The van der Waals surface area contributed by atoms with E-state index in [9.17, 15) is 8.78 Å². The van der Waals surface area contributed by atoms with Gasteiger partial charge in [-0.05, 0) is 31.0 Å². The molecule has 1 aromatic heterocycles. The average Bonchev–Trinajstić information content (AvgIpc) is 3.15. The summed E-state index contributed by atoms with van der Waals surface area (Å²) in [5, 5.41) is 0. The van der Waals surface area contributed by atoms with Crippen LogP contribution < -0.4 is 5.73 Å². The lowest BCUT2D eigenvalue weighted by atomic mass is 9.95. The molecule has 0 atom stereocenters. The Morgan fingerprint density at radius 1 is 1.24 bits per heavy atom. The molecule has 5 heteroatoms. The highest BCUT2D eigenvalue weighted by Gasteiger charge is 2.34. The lowest BCUT2D eigenvalue weighted by Crippen LogP contribution is -2.19. The van der Waals surface area contributed by atoms with E-state index < -0.39 is 11.6 Å². The molecular formula is C16H19F2N3. The van der Waals surface area contributed by atoms with Gasteiger partial charge in [0.05, 0.1) is 0 Å². The Bertz CT molecular complexity index is 694. The first-order valence-electron chi connectivity index (χ1n) is 7.12. The van der Waals surface area contributed by atoms with E-state index in [1.54, 1.807) is 0 Å². The van der Waals surface area contributed by atoms with Crippen LogP contribution in [-0.4, -0.2) is 9.55 Å². The Morgan fingerprint density at radius 2 is 1.90 bits per heavy atom. The number of aromatic nitrogens is 2. The number of nitrogens with zero attached hydrogens (tertiary/aromatic N) is 2. The molecule has 3 nitrogen and oxygen atoms in total. The Hall–Kier alpha value is -1.91. The van der Waals surface area contributed by atoms with E-state index in [4.69, 9.17) is 5.73 Å². The maximum Gasteiger partial charge on any atom is 0.132 e. The van der Waals surface area contributed by atoms with Crippen LogP contribution in [0.3, 0.4) is 0 Å². The van der Waals surface area contributed by atoms with Crippen molar-refractivity contribution in [1.82, 2.24) is 9.55 Å². The van der Waals surface area contributed by atoms with Crippen LogP contribution in [0.2, 0.25) is 0 Å². The van der Waals surface area contributed by atoms with Crippen LogP contribution in [0.25, 0.3) is 11.3 Å². The third-order valence-corrected chi connectivity index (χ3v) is 3.71. The zero-order chi connectivity index (χ0) is 15.4. The second kappa shape index (κ2) is 4.55. The van der Waals surface area contributed by atoms with Crippen molar-refractivity contribution in [3.05, 3.63) is 35.7 Å². The SMILES string of the molecule is CC(C)(C)c1nc(-c2cc(F)ccc2F)c(N)n1C1CC1. The Balaban J connectivity index is 2.22. The van der Waals surface area contributed by atoms with Crippen LogP contribution in [-0.2, 0) is 5.41 Å². The minimum atomic E-state index is -0.510. The zero-order valence-electron chi connectivity index (χ0n) is 12.5. The molecule has 0 amide bonds. The van der Waals surface area contributed by atoms with Crippen LogP contribution in [0.4, 0.5) is 14.6 Å². The number of nitrogens with two attached hydrogens (primary N) is 1. The Labute approximate surface area is 122 Å². The van der Waals surface area contributed by atoms with Gasteiger partial charge >= 0.3 is 0 Å². The normalized spacial score (nSPS) is 15.5. The smallest absolute Gasteiger partial charge is 0.132 e. The van der Waals surface area contributed by atoms with Crippen LogP contribution in [0.15, 0.2) is 18.2 Å². The predicted octanol–water partition coefficient (Wildman–Crippen LogP) is 4.04. The van der Waals surface area contributed by atoms with Gasteiger partial charge in [0.1, 0.15) is 29.0 Å². The van der Waals surface area contributed by atoms with Gasteiger partial charge in [-0.1, -0.05) is 20.8 Å². The van der Waals surface area contributed by atoms with Crippen molar-refractivity contribution in [3.63, 3.8) is 0 Å². The minimum Gasteiger partial charge on any atom is -0.383 e. The van der Waals surface area contributed by atoms with Gasteiger partial charge < -0.3 is 10.3 Å². The average molecular weight is 291 g/mol. The summed E-state index contributed by atoms with van der Waals surface area (Å²) in [7, 11) is 0. The molecule has 2 aromatic rings. The highest BCUT2D eigenvalue weighted by Crippen LogP contribution is 2.43. The van der Waals surface area contributed by atoms with Crippen molar-refractivity contribution in [1.29, 1.82) is 0 Å². The molecule has 0 bridgehead atoms. The quantitative estimate of drug-likeness (QED) is 0.907. The summed E-state index contributed by atoms with van der Waals surface area (Å²) in [5.41, 5.74) is 6.45. The molecule has 1 saturated carbocycles. The molecule has 1 heterocycles. The van der Waals surface area contributed by atoms with E-state index in [1.165, 1.54) is 0 Å². The van der Waals surface area contributed by atoms with E-state index in [0.29, 0.717) is 17.6 Å². The van der Waals surface area contributed by atoms with Gasteiger partial charge in [-0.25, -0.2) is 13.8 Å². The van der Waals surface area contributed by atoms with Gasteiger partial charge in [0, 0.05) is 17.0 Å². The fourth-order valence-corrected chi connectivity index (χ4v) is 2.55. The van der Waals surface area contributed by atoms with E-state index in [-0.39, 0.29) is 11.0 Å². The highest BCUT2D eigenvalue weighted by atomic mass is 19.1. The second-order valence-electron chi connectivity index (χ2n) is 6.64. The summed E-state index contributed by atoms with van der Waals surface area (Å²) in [5.74, 6) is 0.237. The molecule has 0 aliphatic heterocycles. The minimum absolute atomic E-state index is 0.123. The number of nitrogen functional groups attached to an aromatic ring is 1. The van der Waals surface area contributed by atoms with E-state index >= 15 is 0 Å². The van der Waals surface area contributed by atoms with Gasteiger partial charge in [-0.2, -0.15) is 0 Å². The van der Waals surface area contributed by atoms with Crippen LogP contribution in [0, 0.1) is 11.6 Å². The van der Waals surface area contributed by atoms with E-state index in [0.717, 1.165) is 36.9 Å². The monoisotopic (exact) mass is 291 g/mol. The summed E-state index contributed by atoms with van der Waals surface area (Å²) in [6, 6.07) is 3.68. The van der Waals surface area contributed by atoms with Crippen LogP contribution in [0.1, 0.15) is 45.5 Å². The lowest BCUT2D eigenvalue weighted by molar-refractivity contribution is 0.504. The van der Waals surface area contributed by atoms with Gasteiger partial charge in [0.25, 0.3) is 0 Å². The fraction of sp³-hybridized carbons (Fsp3) is 0.438. The maximum absolute atomic E-state index is 14.0. The van der Waals surface area contributed by atoms with Crippen molar-refractivity contribution < 1.29 is 8.78 Å². The number of imidazole rings is 1. The standard InChI is InChI=1S/C16H19F2N3/c1-16(2,3)15-20-13(14(19)21(15)10-5-6-10)11-8-9(17)4-7-12(11)18/h4,7-8,10H,5-6,19H2,1-3H3. The van der Waals surface area contributed by atoms with E-state index in [1.807, 2.05) is 25.3 Å². The van der Waals surface area contributed by atoms with Crippen molar-refractivity contribution in [2.75, 3.05) is 5.73 Å². The summed E-state index contributed by atoms with van der Waals surface area (Å²) < 4.78 is 29.4. The Kier molecular flexibility index (Phi) is 3.04. The first-order chi connectivity index (χ1) is 9.79. The number of halogens is 2. The largest absolute Gasteiger partial charge is 0.383 e. The number of benzene rings is 1. The number of rotatable bonds is 2. The zero-order valence-corrected chi connectivity index (χ0v) is 12.5. The fourth-order valence-electron chi connectivity index (χ4n) is 2.55. The highest BCUT2D eigenvalue weighted by molar-refractivity contribution is 5.72. The molecule has 1 aliphatic carbocycles. The van der Waals surface area contributed by atoms with Gasteiger partial charge in [-0.3, -0.25) is 0 Å². The molecule has 3 rings (SSSR count). The lowest BCUT2D eigenvalue weighted by Gasteiger charge is -2.20. The number of anilines is 1. The molecule has 2 N–H and O–H groups in total. The molecular weight excluding hydrogens is 272 g/mol.